The standard InChI is InChI=1S/C24H33N3O4S/c1-23(2,30)13-17-8-5-11-24(17)14-32(31,26-21(24)28)27-22(29)25-20-18-9-3-6-15(18)12-16-7-4-10-19(16)20/h12,17,30H,3-11,13-14H2,1-2H3,(H2,25,26,27,28,29,31). The van der Waals surface area contributed by atoms with E-state index in [0.29, 0.717) is 12.8 Å². The Morgan fingerprint density at radius 1 is 1.22 bits per heavy atom. The number of carbonyl (C=O) groups excluding carboxylic acids is 2. The third kappa shape index (κ3) is 3.75. The monoisotopic (exact) mass is 459 g/mol. The van der Waals surface area contributed by atoms with E-state index in [2.05, 4.69) is 20.5 Å². The zero-order valence-corrected chi connectivity index (χ0v) is 19.8. The van der Waals surface area contributed by atoms with Crippen LogP contribution in [0.3, 0.4) is 0 Å². The van der Waals surface area contributed by atoms with Gasteiger partial charge in [0.15, 0.2) is 0 Å². The highest BCUT2D eigenvalue weighted by molar-refractivity contribution is 7.93. The van der Waals surface area contributed by atoms with Gasteiger partial charge in [-0.25, -0.2) is 9.00 Å². The summed E-state index contributed by atoms with van der Waals surface area (Å²) < 4.78 is 20.1. The minimum Gasteiger partial charge on any atom is -0.390 e. The van der Waals surface area contributed by atoms with Crippen LogP contribution in [0, 0.1) is 11.3 Å². The number of aryl methyl sites for hydroxylation is 2. The summed E-state index contributed by atoms with van der Waals surface area (Å²) >= 11 is 0. The third-order valence-corrected chi connectivity index (χ3v) is 9.67. The minimum atomic E-state index is -3.20. The fraction of sp³-hybridized carbons (Fsp3) is 0.667. The molecular weight excluding hydrogens is 426 g/mol. The van der Waals surface area contributed by atoms with Gasteiger partial charge in [0.1, 0.15) is 9.92 Å². The van der Waals surface area contributed by atoms with Crippen molar-refractivity contribution in [1.82, 2.24) is 4.72 Å². The van der Waals surface area contributed by atoms with Gasteiger partial charge in [-0.1, -0.05) is 12.5 Å². The predicted molar refractivity (Wildman–Crippen MR) is 124 cm³/mol. The van der Waals surface area contributed by atoms with E-state index >= 15 is 0 Å². The Morgan fingerprint density at radius 2 is 1.88 bits per heavy atom. The Morgan fingerprint density at radius 3 is 2.50 bits per heavy atom. The molecule has 1 saturated heterocycles. The van der Waals surface area contributed by atoms with Crippen molar-refractivity contribution in [2.75, 3.05) is 11.1 Å². The molecule has 3 N–H and O–H groups in total. The van der Waals surface area contributed by atoms with Crippen LogP contribution >= 0.6 is 0 Å². The summed E-state index contributed by atoms with van der Waals surface area (Å²) in [5, 5.41) is 13.3. The molecule has 0 bridgehead atoms. The quantitative estimate of drug-likeness (QED) is 0.641. The van der Waals surface area contributed by atoms with Crippen molar-refractivity contribution in [3.05, 3.63) is 28.3 Å². The summed E-state index contributed by atoms with van der Waals surface area (Å²) in [6.07, 6.45) is 8.82. The number of rotatable bonds is 3. The van der Waals surface area contributed by atoms with Crippen LogP contribution in [-0.4, -0.2) is 32.6 Å². The summed E-state index contributed by atoms with van der Waals surface area (Å²) in [6.45, 7) is 3.47. The summed E-state index contributed by atoms with van der Waals surface area (Å²) in [4.78, 5) is 25.9. The first-order chi connectivity index (χ1) is 15.1. The van der Waals surface area contributed by atoms with Crippen molar-refractivity contribution >= 4 is 27.5 Å². The lowest BCUT2D eigenvalue weighted by Gasteiger charge is -2.31. The maximum absolute atomic E-state index is 13.5. The number of anilines is 1. The van der Waals surface area contributed by atoms with E-state index in [-0.39, 0.29) is 17.6 Å². The second kappa shape index (κ2) is 7.55. The first-order valence-corrected chi connectivity index (χ1v) is 13.5. The van der Waals surface area contributed by atoms with Crippen molar-refractivity contribution in [3.8, 4) is 0 Å². The maximum Gasteiger partial charge on any atom is 0.354 e. The van der Waals surface area contributed by atoms with Gasteiger partial charge in [-0.15, -0.1) is 4.36 Å². The fourth-order valence-corrected chi connectivity index (χ4v) is 8.72. The number of hydrogen-bond donors (Lipinski definition) is 3. The largest absolute Gasteiger partial charge is 0.390 e. The zero-order valence-electron chi connectivity index (χ0n) is 19.0. The molecule has 3 atom stereocenters. The van der Waals surface area contributed by atoms with Crippen LogP contribution in [0.15, 0.2) is 10.4 Å². The molecule has 1 spiro atoms. The van der Waals surface area contributed by atoms with E-state index in [4.69, 9.17) is 0 Å². The first kappa shape index (κ1) is 21.9. The number of amides is 3. The van der Waals surface area contributed by atoms with Gasteiger partial charge in [-0.2, -0.15) is 0 Å². The van der Waals surface area contributed by atoms with Gasteiger partial charge in [0.05, 0.1) is 16.8 Å². The van der Waals surface area contributed by atoms with Crippen molar-refractivity contribution in [1.29, 1.82) is 0 Å². The van der Waals surface area contributed by atoms with E-state index in [9.17, 15) is 18.9 Å². The Kier molecular flexibility index (Phi) is 5.17. The highest BCUT2D eigenvalue weighted by Crippen LogP contribution is 2.50. The summed E-state index contributed by atoms with van der Waals surface area (Å²) in [5.41, 5.74) is 4.14. The van der Waals surface area contributed by atoms with Crippen molar-refractivity contribution < 1.29 is 18.9 Å². The summed E-state index contributed by atoms with van der Waals surface area (Å²) in [6, 6.07) is 1.65. The van der Waals surface area contributed by atoms with Crippen LogP contribution in [0.25, 0.3) is 0 Å². The number of hydrogen-bond acceptors (Lipinski definition) is 4. The first-order valence-electron chi connectivity index (χ1n) is 11.9. The minimum absolute atomic E-state index is 0.0397. The number of nitrogens with one attached hydrogen (secondary N) is 2. The highest BCUT2D eigenvalue weighted by Gasteiger charge is 2.56. The van der Waals surface area contributed by atoms with Crippen LogP contribution in [0.1, 0.15) is 74.6 Å². The SMILES string of the molecule is CC(C)(O)CC1CCCC12CS(=O)(=NC(=O)Nc1c3c(cc4c1CCC4)CCC3)NC2=O. The van der Waals surface area contributed by atoms with Gasteiger partial charge in [0.25, 0.3) is 0 Å². The maximum atomic E-state index is 13.5. The van der Waals surface area contributed by atoms with Gasteiger partial charge in [-0.05, 0) is 99.8 Å². The van der Waals surface area contributed by atoms with Gasteiger partial charge >= 0.3 is 6.03 Å². The van der Waals surface area contributed by atoms with Crippen LogP contribution in [-0.2, 0) is 40.4 Å². The molecule has 0 aromatic heterocycles. The van der Waals surface area contributed by atoms with Gasteiger partial charge in [0.2, 0.25) is 5.91 Å². The molecule has 8 heteroatoms. The summed E-state index contributed by atoms with van der Waals surface area (Å²) in [5.74, 6) is -0.310. The zero-order chi connectivity index (χ0) is 22.7. The lowest BCUT2D eigenvalue weighted by atomic mass is 9.74. The smallest absolute Gasteiger partial charge is 0.354 e. The number of urea groups is 1. The topological polar surface area (TPSA) is 108 Å². The molecule has 174 valence electrons. The van der Waals surface area contributed by atoms with Crippen LogP contribution in [0.4, 0.5) is 10.5 Å². The molecule has 1 aromatic carbocycles. The summed E-state index contributed by atoms with van der Waals surface area (Å²) in [7, 11) is -3.20. The van der Waals surface area contributed by atoms with Crippen LogP contribution in [0.2, 0.25) is 0 Å². The van der Waals surface area contributed by atoms with E-state index in [1.165, 1.54) is 22.3 Å². The Bertz CT molecular complexity index is 1080. The van der Waals surface area contributed by atoms with E-state index < -0.39 is 27.0 Å². The predicted octanol–water partition coefficient (Wildman–Crippen LogP) is 3.66. The number of nitrogens with zero attached hydrogens (tertiary/aromatic N) is 1. The molecule has 32 heavy (non-hydrogen) atoms. The third-order valence-electron chi connectivity index (χ3n) is 7.80. The normalized spacial score (nSPS) is 31.0. The molecule has 5 rings (SSSR count). The molecule has 1 aliphatic heterocycles. The number of fused-ring (bicyclic) bond motifs is 2. The molecule has 2 fully saturated rings. The Labute approximate surface area is 190 Å². The van der Waals surface area contributed by atoms with E-state index in [0.717, 1.165) is 57.1 Å². The molecule has 1 saturated carbocycles. The molecule has 7 nitrogen and oxygen atoms in total. The van der Waals surface area contributed by atoms with Gasteiger partial charge < -0.3 is 10.4 Å². The molecule has 0 radical (unpaired) electrons. The molecule has 4 aliphatic rings. The van der Waals surface area contributed by atoms with Crippen LogP contribution in [0.5, 0.6) is 0 Å². The molecule has 1 heterocycles. The number of benzene rings is 1. The highest BCUT2D eigenvalue weighted by atomic mass is 32.2. The van der Waals surface area contributed by atoms with Crippen molar-refractivity contribution in [2.45, 2.75) is 83.7 Å². The van der Waals surface area contributed by atoms with Crippen molar-refractivity contribution in [2.24, 2.45) is 15.7 Å². The molecule has 1 aromatic rings. The number of carbonyl (C=O) groups is 2. The second-order valence-corrected chi connectivity index (χ2v) is 12.7. The lowest BCUT2D eigenvalue weighted by molar-refractivity contribution is -0.129. The van der Waals surface area contributed by atoms with Crippen molar-refractivity contribution in [3.63, 3.8) is 0 Å². The lowest BCUT2D eigenvalue weighted by Crippen LogP contribution is -2.39. The number of aliphatic hydroxyl groups is 1. The molecule has 3 aliphatic carbocycles. The molecule has 3 unspecified atom stereocenters. The average molecular weight is 460 g/mol. The van der Waals surface area contributed by atoms with Gasteiger partial charge in [-0.3, -0.25) is 9.52 Å². The fourth-order valence-electron chi connectivity index (χ4n) is 6.52. The molecule has 3 amide bonds. The van der Waals surface area contributed by atoms with E-state index in [1.807, 2.05) is 0 Å². The van der Waals surface area contributed by atoms with E-state index in [1.54, 1.807) is 13.8 Å². The molecular formula is C24H33N3O4S. The Balaban J connectivity index is 1.41. The average Bonchev–Trinajstić information content (AvgIpc) is 3.43. The Hall–Kier alpha value is -1.93. The van der Waals surface area contributed by atoms with Gasteiger partial charge in [0, 0.05) is 5.69 Å². The second-order valence-electron chi connectivity index (χ2n) is 10.7. The van der Waals surface area contributed by atoms with Crippen LogP contribution < -0.4 is 10.0 Å².